The van der Waals surface area contributed by atoms with E-state index < -0.39 is 5.97 Å². The number of anilines is 1. The summed E-state index contributed by atoms with van der Waals surface area (Å²) in [5.41, 5.74) is 0.625. The van der Waals surface area contributed by atoms with Crippen LogP contribution < -0.4 is 4.90 Å². The fraction of sp³-hybridized carbons (Fsp3) is 0.474. The van der Waals surface area contributed by atoms with Crippen molar-refractivity contribution in [2.45, 2.75) is 26.2 Å². The molecule has 1 aliphatic heterocycles. The third-order valence-corrected chi connectivity index (χ3v) is 5.67. The highest BCUT2D eigenvalue weighted by atomic mass is 16.5. The Balaban J connectivity index is 1.59. The topological polar surface area (TPSA) is 80.8 Å². The third-order valence-electron chi connectivity index (χ3n) is 5.67. The maximum atomic E-state index is 12.8. The first-order chi connectivity index (χ1) is 12.0. The van der Waals surface area contributed by atoms with Crippen molar-refractivity contribution >= 4 is 29.3 Å². The molecule has 0 unspecified atom stereocenters. The van der Waals surface area contributed by atoms with Crippen LogP contribution in [-0.4, -0.2) is 30.2 Å². The van der Waals surface area contributed by atoms with Crippen LogP contribution in [0.15, 0.2) is 24.3 Å². The molecule has 0 N–H and O–H groups in total. The summed E-state index contributed by atoms with van der Waals surface area (Å²) in [7, 11) is 0. The predicted molar refractivity (Wildman–Crippen MR) is 87.7 cm³/mol. The quantitative estimate of drug-likeness (QED) is 0.618. The van der Waals surface area contributed by atoms with Crippen LogP contribution in [0, 0.1) is 23.7 Å². The highest BCUT2D eigenvalue weighted by molar-refractivity contribution is 6.22. The Labute approximate surface area is 145 Å². The van der Waals surface area contributed by atoms with Crippen molar-refractivity contribution in [3.63, 3.8) is 0 Å². The number of esters is 1. The summed E-state index contributed by atoms with van der Waals surface area (Å²) >= 11 is 0. The van der Waals surface area contributed by atoms with Gasteiger partial charge in [-0.25, -0.2) is 4.79 Å². The van der Waals surface area contributed by atoms with Crippen LogP contribution in [0.25, 0.3) is 0 Å². The standard InChI is InChI=1S/C19H19NO5/c1-10(21)9-25-19(24)13-3-2-4-14(8-13)20-17(22)15-11-5-6-12(7-11)16(15)18(20)23/h2-4,8,11-12,15-16H,5-7,9H2,1H3/t11-,12-,15-,16+/m0/s1. The minimum absolute atomic E-state index is 0.142. The third kappa shape index (κ3) is 2.47. The Morgan fingerprint density at radius 1 is 1.12 bits per heavy atom. The molecule has 1 heterocycles. The van der Waals surface area contributed by atoms with E-state index in [4.69, 9.17) is 4.74 Å². The first-order valence-corrected chi connectivity index (χ1v) is 8.62. The van der Waals surface area contributed by atoms with Gasteiger partial charge >= 0.3 is 5.97 Å². The van der Waals surface area contributed by atoms with E-state index in [0.717, 1.165) is 19.3 Å². The summed E-state index contributed by atoms with van der Waals surface area (Å²) in [5, 5.41) is 0. The van der Waals surface area contributed by atoms with Crippen LogP contribution in [0.1, 0.15) is 36.5 Å². The lowest BCUT2D eigenvalue weighted by Crippen LogP contribution is -2.32. The number of ketones is 1. The van der Waals surface area contributed by atoms with E-state index >= 15 is 0 Å². The Kier molecular flexibility index (Phi) is 3.71. The molecule has 0 spiro atoms. The molecule has 2 saturated carbocycles. The Morgan fingerprint density at radius 2 is 1.76 bits per heavy atom. The summed E-state index contributed by atoms with van der Waals surface area (Å²) in [4.78, 5) is 49.9. The van der Waals surface area contributed by atoms with Gasteiger partial charge in [0.05, 0.1) is 23.1 Å². The number of fused-ring (bicyclic) bond motifs is 5. The molecule has 0 aromatic heterocycles. The summed E-state index contributed by atoms with van der Waals surface area (Å²) in [6.07, 6.45) is 3.03. The molecule has 2 amide bonds. The van der Waals surface area contributed by atoms with Crippen molar-refractivity contribution in [1.82, 2.24) is 0 Å². The van der Waals surface area contributed by atoms with Gasteiger partial charge in [-0.05, 0) is 56.2 Å². The molecule has 3 aliphatic rings. The zero-order chi connectivity index (χ0) is 17.7. The van der Waals surface area contributed by atoms with E-state index in [9.17, 15) is 19.2 Å². The van der Waals surface area contributed by atoms with Gasteiger partial charge in [-0.3, -0.25) is 19.3 Å². The second-order valence-electron chi connectivity index (χ2n) is 7.23. The maximum absolute atomic E-state index is 12.8. The van der Waals surface area contributed by atoms with Crippen LogP contribution in [0.4, 0.5) is 5.69 Å². The molecular weight excluding hydrogens is 322 g/mol. The van der Waals surface area contributed by atoms with Crippen LogP contribution in [0.3, 0.4) is 0 Å². The number of carbonyl (C=O) groups excluding carboxylic acids is 4. The summed E-state index contributed by atoms with van der Waals surface area (Å²) in [6, 6.07) is 6.30. The van der Waals surface area contributed by atoms with Gasteiger partial charge < -0.3 is 4.74 Å². The van der Waals surface area contributed by atoms with E-state index in [1.165, 1.54) is 17.9 Å². The lowest BCUT2D eigenvalue weighted by molar-refractivity contribution is -0.123. The number of carbonyl (C=O) groups is 4. The number of rotatable bonds is 4. The van der Waals surface area contributed by atoms with Gasteiger partial charge in [0, 0.05) is 0 Å². The van der Waals surface area contributed by atoms with Crippen LogP contribution in [0.5, 0.6) is 0 Å². The Hall–Kier alpha value is -2.50. The molecule has 4 atom stereocenters. The molecule has 3 fully saturated rings. The van der Waals surface area contributed by atoms with Crippen molar-refractivity contribution in [2.75, 3.05) is 11.5 Å². The lowest BCUT2D eigenvalue weighted by Gasteiger charge is -2.19. The van der Waals surface area contributed by atoms with Crippen LogP contribution in [-0.2, 0) is 19.1 Å². The molecule has 4 rings (SSSR count). The second kappa shape index (κ2) is 5.79. The maximum Gasteiger partial charge on any atom is 0.338 e. The molecule has 1 saturated heterocycles. The molecule has 6 heteroatoms. The van der Waals surface area contributed by atoms with E-state index in [1.807, 2.05) is 0 Å². The first kappa shape index (κ1) is 16.0. The highest BCUT2D eigenvalue weighted by Gasteiger charge is 2.61. The Bertz CT molecular complexity index is 758. The van der Waals surface area contributed by atoms with Gasteiger partial charge in [0.2, 0.25) is 11.8 Å². The summed E-state index contributed by atoms with van der Waals surface area (Å²) in [5.74, 6) is -0.929. The monoisotopic (exact) mass is 341 g/mol. The zero-order valence-corrected chi connectivity index (χ0v) is 13.9. The van der Waals surface area contributed by atoms with Crippen molar-refractivity contribution in [3.05, 3.63) is 29.8 Å². The van der Waals surface area contributed by atoms with E-state index in [1.54, 1.807) is 18.2 Å². The smallest absolute Gasteiger partial charge is 0.338 e. The van der Waals surface area contributed by atoms with E-state index in [-0.39, 0.29) is 41.6 Å². The molecule has 25 heavy (non-hydrogen) atoms. The number of ether oxygens (including phenoxy) is 1. The molecule has 1 aromatic rings. The molecule has 2 aliphatic carbocycles. The lowest BCUT2D eigenvalue weighted by atomic mass is 9.81. The first-order valence-electron chi connectivity index (χ1n) is 8.62. The van der Waals surface area contributed by atoms with Crippen LogP contribution >= 0.6 is 0 Å². The molecule has 1 aromatic carbocycles. The molecule has 2 bridgehead atoms. The molecule has 0 radical (unpaired) electrons. The average Bonchev–Trinajstić information content (AvgIpc) is 3.26. The van der Waals surface area contributed by atoms with Gasteiger partial charge in [0.1, 0.15) is 6.61 Å². The zero-order valence-electron chi connectivity index (χ0n) is 13.9. The van der Waals surface area contributed by atoms with Gasteiger partial charge in [0.15, 0.2) is 5.78 Å². The minimum atomic E-state index is -0.642. The average molecular weight is 341 g/mol. The van der Waals surface area contributed by atoms with Crippen LogP contribution in [0.2, 0.25) is 0 Å². The number of hydrogen-bond donors (Lipinski definition) is 0. The predicted octanol–water partition coefficient (Wildman–Crippen LogP) is 1.97. The largest absolute Gasteiger partial charge is 0.454 e. The summed E-state index contributed by atoms with van der Waals surface area (Å²) in [6.45, 7) is 1.04. The SMILES string of the molecule is CC(=O)COC(=O)c1cccc(N2C(=O)[C@@H]3[C@H]4CC[C@@H](C4)[C@@H]3C2=O)c1. The number of imide groups is 1. The number of Topliss-reactive ketones (excluding diaryl/α,β-unsaturated/α-hetero) is 1. The molecule has 130 valence electrons. The summed E-state index contributed by atoms with van der Waals surface area (Å²) < 4.78 is 4.90. The van der Waals surface area contributed by atoms with Gasteiger partial charge in [-0.2, -0.15) is 0 Å². The fourth-order valence-electron chi connectivity index (χ4n) is 4.69. The highest BCUT2D eigenvalue weighted by Crippen LogP contribution is 2.56. The van der Waals surface area contributed by atoms with Crippen molar-refractivity contribution in [2.24, 2.45) is 23.7 Å². The fourth-order valence-corrected chi connectivity index (χ4v) is 4.69. The second-order valence-corrected chi connectivity index (χ2v) is 7.23. The number of benzene rings is 1. The van der Waals surface area contributed by atoms with Gasteiger partial charge in [0.25, 0.3) is 0 Å². The van der Waals surface area contributed by atoms with Gasteiger partial charge in [-0.15, -0.1) is 0 Å². The number of hydrogen-bond acceptors (Lipinski definition) is 5. The van der Waals surface area contributed by atoms with Gasteiger partial charge in [-0.1, -0.05) is 6.07 Å². The number of nitrogens with zero attached hydrogens (tertiary/aromatic N) is 1. The van der Waals surface area contributed by atoms with E-state index in [2.05, 4.69) is 0 Å². The van der Waals surface area contributed by atoms with Crippen molar-refractivity contribution in [3.8, 4) is 0 Å². The molecule has 6 nitrogen and oxygen atoms in total. The Morgan fingerprint density at radius 3 is 2.36 bits per heavy atom. The normalized spacial score (nSPS) is 29.9. The van der Waals surface area contributed by atoms with E-state index in [0.29, 0.717) is 17.5 Å². The van der Waals surface area contributed by atoms with Crippen molar-refractivity contribution < 1.29 is 23.9 Å². The minimum Gasteiger partial charge on any atom is -0.454 e. The van der Waals surface area contributed by atoms with Crippen molar-refractivity contribution in [1.29, 1.82) is 0 Å². The molecular formula is C19H19NO5. The number of amides is 2.